The number of carbonyl (C=O) groups is 1. The van der Waals surface area contributed by atoms with Gasteiger partial charge < -0.3 is 5.32 Å². The van der Waals surface area contributed by atoms with Crippen molar-refractivity contribution in [3.05, 3.63) is 35.1 Å². The van der Waals surface area contributed by atoms with Crippen molar-refractivity contribution in [2.24, 2.45) is 0 Å². The van der Waals surface area contributed by atoms with Gasteiger partial charge in [0.1, 0.15) is 5.82 Å². The molecule has 0 bridgehead atoms. The lowest BCUT2D eigenvalue weighted by Gasteiger charge is -2.13. The highest BCUT2D eigenvalue weighted by Gasteiger charge is 2.13. The summed E-state index contributed by atoms with van der Waals surface area (Å²) in [6.45, 7) is 3.77. The highest BCUT2D eigenvalue weighted by Crippen LogP contribution is 2.10. The van der Waals surface area contributed by atoms with E-state index in [0.717, 1.165) is 17.7 Å². The molecule has 1 amide bonds. The molecule has 0 saturated carbocycles. The van der Waals surface area contributed by atoms with Crippen LogP contribution in [-0.4, -0.2) is 24.0 Å². The van der Waals surface area contributed by atoms with E-state index in [2.05, 4.69) is 5.32 Å². The van der Waals surface area contributed by atoms with Gasteiger partial charge in [0, 0.05) is 6.04 Å². The quantitative estimate of drug-likeness (QED) is 0.876. The van der Waals surface area contributed by atoms with Crippen LogP contribution in [0.5, 0.6) is 0 Å². The number of nitrogens with one attached hydrogen (secondary N) is 1. The highest BCUT2D eigenvalue weighted by atomic mass is 32.2. The van der Waals surface area contributed by atoms with Crippen molar-refractivity contribution in [1.29, 1.82) is 0 Å². The van der Waals surface area contributed by atoms with Gasteiger partial charge in [-0.15, -0.1) is 0 Å². The Morgan fingerprint density at radius 1 is 1.53 bits per heavy atom. The first-order valence-electron chi connectivity index (χ1n) is 5.60. The topological polar surface area (TPSA) is 29.1 Å². The fourth-order valence-corrected chi connectivity index (χ4v) is 2.07. The molecular formula is C13H18FNOS. The predicted molar refractivity (Wildman–Crippen MR) is 71.1 cm³/mol. The summed E-state index contributed by atoms with van der Waals surface area (Å²) in [7, 11) is 0. The zero-order valence-corrected chi connectivity index (χ0v) is 11.2. The van der Waals surface area contributed by atoms with Crippen LogP contribution in [0.2, 0.25) is 0 Å². The summed E-state index contributed by atoms with van der Waals surface area (Å²) in [5, 5.41) is 2.81. The summed E-state index contributed by atoms with van der Waals surface area (Å²) in [6.07, 6.45) is 2.91. The van der Waals surface area contributed by atoms with Crippen molar-refractivity contribution in [3.63, 3.8) is 0 Å². The molecule has 0 aliphatic heterocycles. The Bertz CT molecular complexity index is 395. The number of amides is 1. The molecule has 0 aliphatic carbocycles. The van der Waals surface area contributed by atoms with E-state index in [1.165, 1.54) is 6.07 Å². The molecule has 0 radical (unpaired) electrons. The number of benzene rings is 1. The molecular weight excluding hydrogens is 237 g/mol. The van der Waals surface area contributed by atoms with Crippen LogP contribution in [0.15, 0.2) is 18.2 Å². The van der Waals surface area contributed by atoms with Gasteiger partial charge in [0.2, 0.25) is 0 Å². The fourth-order valence-electron chi connectivity index (χ4n) is 1.48. The van der Waals surface area contributed by atoms with Crippen LogP contribution >= 0.6 is 11.8 Å². The minimum atomic E-state index is -0.467. The average molecular weight is 255 g/mol. The molecule has 17 heavy (non-hydrogen) atoms. The molecule has 1 aromatic carbocycles. The number of aryl methyl sites for hydroxylation is 1. The second-order valence-corrected chi connectivity index (χ2v) is 5.12. The lowest BCUT2D eigenvalue weighted by atomic mass is 10.1. The summed E-state index contributed by atoms with van der Waals surface area (Å²) >= 11 is 1.73. The van der Waals surface area contributed by atoms with E-state index in [0.29, 0.717) is 0 Å². The first kappa shape index (κ1) is 14.0. The van der Waals surface area contributed by atoms with Crippen molar-refractivity contribution in [2.75, 3.05) is 12.0 Å². The monoisotopic (exact) mass is 255 g/mol. The van der Waals surface area contributed by atoms with Gasteiger partial charge in [-0.2, -0.15) is 11.8 Å². The molecule has 0 heterocycles. The minimum Gasteiger partial charge on any atom is -0.349 e. The number of rotatable bonds is 5. The first-order chi connectivity index (χ1) is 8.04. The van der Waals surface area contributed by atoms with Gasteiger partial charge in [0.15, 0.2) is 0 Å². The smallest absolute Gasteiger partial charge is 0.254 e. The molecule has 4 heteroatoms. The Balaban J connectivity index is 2.66. The molecule has 94 valence electrons. The average Bonchev–Trinajstić information content (AvgIpc) is 2.29. The molecule has 0 aliphatic rings. The molecule has 0 spiro atoms. The van der Waals surface area contributed by atoms with Crippen molar-refractivity contribution in [2.45, 2.75) is 26.3 Å². The van der Waals surface area contributed by atoms with Crippen molar-refractivity contribution < 1.29 is 9.18 Å². The molecule has 2 nitrogen and oxygen atoms in total. The molecule has 1 unspecified atom stereocenters. The van der Waals surface area contributed by atoms with Crippen LogP contribution in [0, 0.1) is 12.7 Å². The maximum atomic E-state index is 13.5. The van der Waals surface area contributed by atoms with E-state index in [4.69, 9.17) is 0 Å². The third-order valence-corrected chi connectivity index (χ3v) is 3.14. The van der Waals surface area contributed by atoms with E-state index in [-0.39, 0.29) is 17.5 Å². The van der Waals surface area contributed by atoms with Gasteiger partial charge in [-0.3, -0.25) is 4.79 Å². The van der Waals surface area contributed by atoms with Crippen LogP contribution in [0.3, 0.4) is 0 Å². The lowest BCUT2D eigenvalue weighted by Crippen LogP contribution is -2.33. The third-order valence-electron chi connectivity index (χ3n) is 2.50. The summed E-state index contributed by atoms with van der Waals surface area (Å²) < 4.78 is 13.5. The van der Waals surface area contributed by atoms with E-state index >= 15 is 0 Å². The van der Waals surface area contributed by atoms with E-state index in [1.54, 1.807) is 23.9 Å². The SMILES string of the molecule is CSCCC(C)NC(=O)c1cc(C)ccc1F. The molecule has 1 atom stereocenters. The first-order valence-corrected chi connectivity index (χ1v) is 7.00. The van der Waals surface area contributed by atoms with Crippen LogP contribution < -0.4 is 5.32 Å². The Kier molecular flexibility index (Phi) is 5.48. The van der Waals surface area contributed by atoms with Gasteiger partial charge in [-0.1, -0.05) is 11.6 Å². The molecule has 1 aromatic rings. The fraction of sp³-hybridized carbons (Fsp3) is 0.462. The van der Waals surface area contributed by atoms with Crippen LogP contribution in [0.1, 0.15) is 29.3 Å². The summed E-state index contributed by atoms with van der Waals surface area (Å²) in [6, 6.07) is 4.63. The van der Waals surface area contributed by atoms with Gasteiger partial charge in [0.25, 0.3) is 5.91 Å². The predicted octanol–water partition coefficient (Wildman–Crippen LogP) is 3.01. The third kappa shape index (κ3) is 4.38. The minimum absolute atomic E-state index is 0.0647. The van der Waals surface area contributed by atoms with E-state index in [9.17, 15) is 9.18 Å². The number of hydrogen-bond donors (Lipinski definition) is 1. The maximum absolute atomic E-state index is 13.5. The largest absolute Gasteiger partial charge is 0.349 e. The number of thioether (sulfide) groups is 1. The van der Waals surface area contributed by atoms with Gasteiger partial charge in [0.05, 0.1) is 5.56 Å². The molecule has 0 fully saturated rings. The number of hydrogen-bond acceptors (Lipinski definition) is 2. The lowest BCUT2D eigenvalue weighted by molar-refractivity contribution is 0.0935. The Morgan fingerprint density at radius 2 is 2.24 bits per heavy atom. The second kappa shape index (κ2) is 6.64. The molecule has 0 saturated heterocycles. The molecule has 0 aromatic heterocycles. The summed E-state index contributed by atoms with van der Waals surface area (Å²) in [5.74, 6) is 0.183. The molecule has 1 rings (SSSR count). The maximum Gasteiger partial charge on any atom is 0.254 e. The summed E-state index contributed by atoms with van der Waals surface area (Å²) in [5.41, 5.74) is 1.01. The van der Waals surface area contributed by atoms with Gasteiger partial charge in [-0.05, 0) is 44.4 Å². The highest BCUT2D eigenvalue weighted by molar-refractivity contribution is 7.98. The van der Waals surface area contributed by atoms with Crippen LogP contribution in [0.25, 0.3) is 0 Å². The van der Waals surface area contributed by atoms with Crippen molar-refractivity contribution in [3.8, 4) is 0 Å². The van der Waals surface area contributed by atoms with Crippen molar-refractivity contribution >= 4 is 17.7 Å². The number of carbonyl (C=O) groups excluding carboxylic acids is 1. The molecule has 1 N–H and O–H groups in total. The Morgan fingerprint density at radius 3 is 2.88 bits per heavy atom. The summed E-state index contributed by atoms with van der Waals surface area (Å²) in [4.78, 5) is 11.8. The van der Waals surface area contributed by atoms with Crippen molar-refractivity contribution in [1.82, 2.24) is 5.32 Å². The van der Waals surface area contributed by atoms with Crippen LogP contribution in [0.4, 0.5) is 4.39 Å². The number of halogens is 1. The normalized spacial score (nSPS) is 12.2. The van der Waals surface area contributed by atoms with Crippen LogP contribution in [-0.2, 0) is 0 Å². The second-order valence-electron chi connectivity index (χ2n) is 4.14. The zero-order valence-electron chi connectivity index (χ0n) is 10.4. The Hall–Kier alpha value is -1.03. The van der Waals surface area contributed by atoms with Gasteiger partial charge in [-0.25, -0.2) is 4.39 Å². The van der Waals surface area contributed by atoms with Gasteiger partial charge >= 0.3 is 0 Å². The Labute approximate surface area is 106 Å². The zero-order chi connectivity index (χ0) is 12.8. The standard InChI is InChI=1S/C13H18FNOS/c1-9-4-5-12(14)11(8-9)13(16)15-10(2)6-7-17-3/h4-5,8,10H,6-7H2,1-3H3,(H,15,16). The van der Waals surface area contributed by atoms with E-state index in [1.807, 2.05) is 20.1 Å². The van der Waals surface area contributed by atoms with E-state index < -0.39 is 5.82 Å².